The van der Waals surface area contributed by atoms with Crippen LogP contribution in [0.25, 0.3) is 55.0 Å². The summed E-state index contributed by atoms with van der Waals surface area (Å²) in [5.74, 6) is 0. The first kappa shape index (κ1) is 24.1. The van der Waals surface area contributed by atoms with Crippen molar-refractivity contribution in [2.24, 2.45) is 0 Å². The van der Waals surface area contributed by atoms with Crippen LogP contribution in [0.15, 0.2) is 146 Å². The molecule has 4 nitrogen and oxygen atoms in total. The van der Waals surface area contributed by atoms with Crippen molar-refractivity contribution in [2.45, 2.75) is 0 Å². The SMILES string of the molecule is N=C(C(=N)c1ccc2c3ccccc3n(-c3ccccc3)c2c1)c1ccc2c3ccccc3n(-c3ccccc3)c2c1. The Labute approximate surface area is 242 Å². The van der Waals surface area contributed by atoms with Gasteiger partial charge in [-0.2, -0.15) is 0 Å². The van der Waals surface area contributed by atoms with Gasteiger partial charge in [-0.1, -0.05) is 97.1 Å². The Balaban J connectivity index is 1.26. The minimum absolute atomic E-state index is 0.198. The van der Waals surface area contributed by atoms with Gasteiger partial charge in [0.2, 0.25) is 0 Å². The van der Waals surface area contributed by atoms with Gasteiger partial charge in [-0.15, -0.1) is 0 Å². The number of nitrogens with one attached hydrogen (secondary N) is 2. The number of aromatic nitrogens is 2. The van der Waals surface area contributed by atoms with E-state index in [-0.39, 0.29) is 11.4 Å². The van der Waals surface area contributed by atoms with Crippen molar-refractivity contribution >= 4 is 55.0 Å². The highest BCUT2D eigenvalue weighted by Gasteiger charge is 2.18. The van der Waals surface area contributed by atoms with Crippen LogP contribution in [0.2, 0.25) is 0 Å². The van der Waals surface area contributed by atoms with Crippen LogP contribution in [0.5, 0.6) is 0 Å². The van der Waals surface area contributed by atoms with Crippen LogP contribution in [0.4, 0.5) is 0 Å². The molecule has 42 heavy (non-hydrogen) atoms. The third kappa shape index (κ3) is 3.62. The van der Waals surface area contributed by atoms with Gasteiger partial charge in [-0.3, -0.25) is 10.8 Å². The van der Waals surface area contributed by atoms with Crippen LogP contribution in [-0.4, -0.2) is 20.6 Å². The monoisotopic (exact) mass is 538 g/mol. The van der Waals surface area contributed by atoms with E-state index in [9.17, 15) is 0 Å². The number of rotatable bonds is 5. The molecule has 0 saturated carbocycles. The van der Waals surface area contributed by atoms with Crippen LogP contribution < -0.4 is 0 Å². The molecule has 6 aromatic carbocycles. The number of nitrogens with zero attached hydrogens (tertiary/aromatic N) is 2. The summed E-state index contributed by atoms with van der Waals surface area (Å²) in [4.78, 5) is 0. The van der Waals surface area contributed by atoms with Crippen LogP contribution >= 0.6 is 0 Å². The van der Waals surface area contributed by atoms with Crippen molar-refractivity contribution in [3.63, 3.8) is 0 Å². The molecule has 4 heteroatoms. The van der Waals surface area contributed by atoms with Crippen molar-refractivity contribution in [1.82, 2.24) is 9.13 Å². The van der Waals surface area contributed by atoms with E-state index in [1.807, 2.05) is 48.5 Å². The van der Waals surface area contributed by atoms with Crippen LogP contribution in [0, 0.1) is 10.8 Å². The Morgan fingerprint density at radius 3 is 1.14 bits per heavy atom. The average molecular weight is 539 g/mol. The van der Waals surface area contributed by atoms with E-state index in [0.717, 1.165) is 55.3 Å². The molecule has 0 spiro atoms. The highest BCUT2D eigenvalue weighted by molar-refractivity contribution is 6.51. The molecule has 0 bridgehead atoms. The van der Waals surface area contributed by atoms with Gasteiger partial charge >= 0.3 is 0 Å². The lowest BCUT2D eigenvalue weighted by atomic mass is 9.98. The molecule has 0 aliphatic rings. The lowest BCUT2D eigenvalue weighted by Crippen LogP contribution is -2.15. The highest BCUT2D eigenvalue weighted by Crippen LogP contribution is 2.34. The van der Waals surface area contributed by atoms with Gasteiger partial charge in [0.15, 0.2) is 0 Å². The van der Waals surface area contributed by atoms with E-state index in [1.54, 1.807) is 0 Å². The van der Waals surface area contributed by atoms with E-state index in [0.29, 0.717) is 0 Å². The summed E-state index contributed by atoms with van der Waals surface area (Å²) in [6.07, 6.45) is 0. The third-order valence-corrected chi connectivity index (χ3v) is 8.20. The maximum absolute atomic E-state index is 9.15. The fourth-order valence-electron chi connectivity index (χ4n) is 6.25. The van der Waals surface area contributed by atoms with Gasteiger partial charge in [0.25, 0.3) is 0 Å². The number of hydrogen-bond donors (Lipinski definition) is 2. The molecule has 8 aromatic rings. The summed E-state index contributed by atoms with van der Waals surface area (Å²) in [7, 11) is 0. The lowest BCUT2D eigenvalue weighted by Gasteiger charge is -2.11. The fourth-order valence-corrected chi connectivity index (χ4v) is 6.25. The summed E-state index contributed by atoms with van der Waals surface area (Å²) in [5, 5.41) is 22.9. The minimum Gasteiger partial charge on any atom is -0.309 e. The smallest absolute Gasteiger partial charge is 0.0868 e. The van der Waals surface area contributed by atoms with E-state index in [4.69, 9.17) is 10.8 Å². The molecular weight excluding hydrogens is 512 g/mol. The predicted molar refractivity (Wildman–Crippen MR) is 175 cm³/mol. The summed E-state index contributed by atoms with van der Waals surface area (Å²) in [6.45, 7) is 0. The van der Waals surface area contributed by atoms with Gasteiger partial charge in [0.05, 0.1) is 33.5 Å². The molecule has 8 rings (SSSR count). The zero-order valence-corrected chi connectivity index (χ0v) is 22.8. The van der Waals surface area contributed by atoms with Gasteiger partial charge in [0.1, 0.15) is 0 Å². The predicted octanol–water partition coefficient (Wildman–Crippen LogP) is 9.32. The van der Waals surface area contributed by atoms with Crippen molar-refractivity contribution < 1.29 is 0 Å². The van der Waals surface area contributed by atoms with Gasteiger partial charge in [-0.25, -0.2) is 0 Å². The standard InChI is InChI=1S/C38H26N4/c39-37(25-19-21-31-29-15-7-9-17-33(29)41(35(31)23-25)27-11-3-1-4-12-27)38(40)26-20-22-32-30-16-8-10-18-34(30)42(36(32)24-26)28-13-5-2-6-14-28/h1-24,39-40H. The largest absolute Gasteiger partial charge is 0.309 e. The minimum atomic E-state index is 0.198. The van der Waals surface area contributed by atoms with Crippen molar-refractivity contribution in [3.8, 4) is 11.4 Å². The molecule has 2 N–H and O–H groups in total. The topological polar surface area (TPSA) is 57.6 Å². The number of fused-ring (bicyclic) bond motifs is 6. The average Bonchev–Trinajstić information content (AvgIpc) is 3.57. The Morgan fingerprint density at radius 2 is 0.714 bits per heavy atom. The third-order valence-electron chi connectivity index (χ3n) is 8.20. The fraction of sp³-hybridized carbons (Fsp3) is 0. The zero-order valence-electron chi connectivity index (χ0n) is 22.8. The van der Waals surface area contributed by atoms with E-state index < -0.39 is 0 Å². The molecule has 0 saturated heterocycles. The summed E-state index contributed by atoms with van der Waals surface area (Å²) in [5.41, 5.74) is 8.27. The first-order valence-electron chi connectivity index (χ1n) is 14.0. The Morgan fingerprint density at radius 1 is 0.357 bits per heavy atom. The summed E-state index contributed by atoms with van der Waals surface area (Å²) < 4.78 is 4.49. The normalized spacial score (nSPS) is 11.5. The molecule has 0 fully saturated rings. The van der Waals surface area contributed by atoms with Crippen LogP contribution in [0.1, 0.15) is 11.1 Å². The number of para-hydroxylation sites is 4. The zero-order chi connectivity index (χ0) is 28.2. The first-order valence-corrected chi connectivity index (χ1v) is 14.0. The second-order valence-electron chi connectivity index (χ2n) is 10.6. The molecule has 2 aromatic heterocycles. The van der Waals surface area contributed by atoms with Crippen molar-refractivity contribution in [2.75, 3.05) is 0 Å². The molecule has 0 aliphatic carbocycles. The van der Waals surface area contributed by atoms with Gasteiger partial charge in [0, 0.05) is 44.0 Å². The Kier molecular flexibility index (Phi) is 5.41. The quantitative estimate of drug-likeness (QED) is 0.205. The van der Waals surface area contributed by atoms with Gasteiger partial charge in [-0.05, 0) is 48.5 Å². The van der Waals surface area contributed by atoms with Crippen LogP contribution in [0.3, 0.4) is 0 Å². The van der Waals surface area contributed by atoms with E-state index >= 15 is 0 Å². The van der Waals surface area contributed by atoms with Crippen molar-refractivity contribution in [3.05, 3.63) is 157 Å². The molecule has 0 radical (unpaired) electrons. The number of hydrogen-bond acceptors (Lipinski definition) is 2. The molecule has 0 atom stereocenters. The second kappa shape index (κ2) is 9.43. The molecule has 2 heterocycles. The molecular formula is C38H26N4. The molecule has 198 valence electrons. The maximum Gasteiger partial charge on any atom is 0.0868 e. The maximum atomic E-state index is 9.15. The summed E-state index contributed by atoms with van der Waals surface area (Å²) >= 11 is 0. The van der Waals surface area contributed by atoms with Crippen LogP contribution in [-0.2, 0) is 0 Å². The summed E-state index contributed by atoms with van der Waals surface area (Å²) in [6, 6.07) is 49.7. The Bertz CT molecular complexity index is 2160. The Hall–Kier alpha value is -5.74. The highest BCUT2D eigenvalue weighted by atomic mass is 15.0. The molecule has 0 unspecified atom stereocenters. The number of benzene rings is 6. The molecule has 0 amide bonds. The van der Waals surface area contributed by atoms with E-state index in [2.05, 4.69) is 106 Å². The van der Waals surface area contributed by atoms with Gasteiger partial charge < -0.3 is 9.13 Å². The van der Waals surface area contributed by atoms with E-state index in [1.165, 1.54) is 10.8 Å². The first-order chi connectivity index (χ1) is 20.7. The second-order valence-corrected chi connectivity index (χ2v) is 10.6. The molecule has 0 aliphatic heterocycles. The lowest BCUT2D eigenvalue weighted by molar-refractivity contribution is 1.18. The van der Waals surface area contributed by atoms with Crippen molar-refractivity contribution in [1.29, 1.82) is 10.8 Å².